The molecule has 2 fully saturated rings. The smallest absolute Gasteiger partial charge is 0.244 e. The summed E-state index contributed by atoms with van der Waals surface area (Å²) in [7, 11) is 3.32. The summed E-state index contributed by atoms with van der Waals surface area (Å²) < 4.78 is 17.0. The van der Waals surface area contributed by atoms with Crippen LogP contribution in [0.2, 0.25) is 0 Å². The van der Waals surface area contributed by atoms with Gasteiger partial charge in [0.05, 0.1) is 32.3 Å². The van der Waals surface area contributed by atoms with Crippen LogP contribution in [0.1, 0.15) is 69.5 Å². The van der Waals surface area contributed by atoms with E-state index in [1.165, 1.54) is 31.2 Å². The molecular weight excluding hydrogens is 428 g/mol. The minimum absolute atomic E-state index is 0.113. The predicted octanol–water partition coefficient (Wildman–Crippen LogP) is 5.46. The summed E-state index contributed by atoms with van der Waals surface area (Å²) in [6.07, 6.45) is 7.83. The van der Waals surface area contributed by atoms with Crippen molar-refractivity contribution in [2.75, 3.05) is 20.8 Å². The molecular formula is C28H38N2O4. The highest BCUT2D eigenvalue weighted by atomic mass is 16.5. The molecule has 0 bridgehead atoms. The van der Waals surface area contributed by atoms with E-state index in [1.807, 2.05) is 49.2 Å². The highest BCUT2D eigenvalue weighted by Gasteiger charge is 2.49. The molecule has 1 unspecified atom stereocenters. The third-order valence-electron chi connectivity index (χ3n) is 7.28. The van der Waals surface area contributed by atoms with Gasteiger partial charge >= 0.3 is 0 Å². The van der Waals surface area contributed by atoms with Crippen LogP contribution < -0.4 is 19.6 Å². The molecule has 1 aliphatic heterocycles. The fraction of sp³-hybridized carbons (Fsp3) is 0.536. The molecule has 184 valence electrons. The second-order valence-electron chi connectivity index (χ2n) is 9.96. The van der Waals surface area contributed by atoms with Crippen LogP contribution >= 0.6 is 0 Å². The summed E-state index contributed by atoms with van der Waals surface area (Å²) in [6.45, 7) is 4.61. The van der Waals surface area contributed by atoms with Crippen molar-refractivity contribution in [3.8, 4) is 17.2 Å². The average molecular weight is 467 g/mol. The molecule has 2 aliphatic rings. The highest BCUT2D eigenvalue weighted by Crippen LogP contribution is 2.44. The molecule has 1 N–H and O–H groups in total. The Morgan fingerprint density at radius 2 is 1.65 bits per heavy atom. The summed E-state index contributed by atoms with van der Waals surface area (Å²) in [5.74, 6) is 2.42. The largest absolute Gasteiger partial charge is 0.497 e. The standard InChI is InChI=1S/C28H38N2O4/c1-28(2)26(29-30(27(28)31)22-9-7-5-6-8-10-22)21-13-16-24(33-4)25(19-21)34-18-17-20-11-14-23(32-3)15-12-20/h11-16,19,22,26,29H,5-10,17-18H2,1-4H3. The maximum atomic E-state index is 13.4. The van der Waals surface area contributed by atoms with Crippen LogP contribution in [0, 0.1) is 5.41 Å². The van der Waals surface area contributed by atoms with Gasteiger partial charge in [-0.1, -0.05) is 43.9 Å². The van der Waals surface area contributed by atoms with E-state index < -0.39 is 5.41 Å². The van der Waals surface area contributed by atoms with Crippen LogP contribution in [0.15, 0.2) is 42.5 Å². The number of hydrazine groups is 1. The number of ether oxygens (including phenoxy) is 3. The lowest BCUT2D eigenvalue weighted by molar-refractivity contribution is -0.138. The fourth-order valence-electron chi connectivity index (χ4n) is 5.13. The number of hydrogen-bond acceptors (Lipinski definition) is 5. The molecule has 1 saturated carbocycles. The van der Waals surface area contributed by atoms with E-state index in [0.717, 1.165) is 30.6 Å². The Bertz CT molecular complexity index is 965. The van der Waals surface area contributed by atoms with E-state index in [-0.39, 0.29) is 18.0 Å². The zero-order valence-corrected chi connectivity index (χ0v) is 20.9. The van der Waals surface area contributed by atoms with Gasteiger partial charge in [-0.05, 0) is 62.1 Å². The summed E-state index contributed by atoms with van der Waals surface area (Å²) in [5.41, 5.74) is 5.25. The number of carbonyl (C=O) groups excluding carboxylic acids is 1. The quantitative estimate of drug-likeness (QED) is 0.524. The van der Waals surface area contributed by atoms with Crippen LogP contribution in [0.25, 0.3) is 0 Å². The monoisotopic (exact) mass is 466 g/mol. The van der Waals surface area contributed by atoms with Gasteiger partial charge in [-0.3, -0.25) is 9.80 Å². The lowest BCUT2D eigenvalue weighted by Gasteiger charge is -2.27. The molecule has 6 nitrogen and oxygen atoms in total. The van der Waals surface area contributed by atoms with E-state index in [4.69, 9.17) is 14.2 Å². The van der Waals surface area contributed by atoms with Crippen LogP contribution in [0.4, 0.5) is 0 Å². The third kappa shape index (κ3) is 5.17. The maximum Gasteiger partial charge on any atom is 0.244 e. The lowest BCUT2D eigenvalue weighted by Crippen LogP contribution is -2.44. The summed E-state index contributed by atoms with van der Waals surface area (Å²) in [5, 5.41) is 1.93. The zero-order chi connectivity index (χ0) is 24.1. The molecule has 2 aromatic rings. The molecule has 1 aliphatic carbocycles. The van der Waals surface area contributed by atoms with Crippen molar-refractivity contribution in [2.45, 2.75) is 70.9 Å². The van der Waals surface area contributed by atoms with Gasteiger partial charge in [0.15, 0.2) is 11.5 Å². The number of amides is 1. The molecule has 1 atom stereocenters. The van der Waals surface area contributed by atoms with Crippen molar-refractivity contribution in [3.05, 3.63) is 53.6 Å². The number of nitrogens with one attached hydrogen (secondary N) is 1. The molecule has 1 saturated heterocycles. The van der Waals surface area contributed by atoms with Crippen LogP contribution in [-0.4, -0.2) is 37.8 Å². The Morgan fingerprint density at radius 1 is 0.941 bits per heavy atom. The Balaban J connectivity index is 1.48. The first-order valence-electron chi connectivity index (χ1n) is 12.5. The second kappa shape index (κ2) is 10.7. The molecule has 0 aromatic heterocycles. The maximum absolute atomic E-state index is 13.4. The van der Waals surface area contributed by atoms with Crippen molar-refractivity contribution in [2.24, 2.45) is 5.41 Å². The van der Waals surface area contributed by atoms with Crippen LogP contribution in [0.3, 0.4) is 0 Å². The number of benzene rings is 2. The Labute approximate surface area is 203 Å². The lowest BCUT2D eigenvalue weighted by atomic mass is 9.81. The van der Waals surface area contributed by atoms with Crippen LogP contribution in [0.5, 0.6) is 17.2 Å². The third-order valence-corrected chi connectivity index (χ3v) is 7.28. The summed E-state index contributed by atoms with van der Waals surface area (Å²) in [4.78, 5) is 13.4. The predicted molar refractivity (Wildman–Crippen MR) is 133 cm³/mol. The molecule has 2 aromatic carbocycles. The SMILES string of the molecule is COc1ccc(CCOc2cc(C3NN(C4CCCCCC4)C(=O)C3(C)C)ccc2OC)cc1. The first kappa shape index (κ1) is 24.4. The van der Waals surface area contributed by atoms with Crippen molar-refractivity contribution < 1.29 is 19.0 Å². The summed E-state index contributed by atoms with van der Waals surface area (Å²) in [6, 6.07) is 14.2. The zero-order valence-electron chi connectivity index (χ0n) is 20.9. The van der Waals surface area contributed by atoms with Gasteiger partial charge < -0.3 is 14.2 Å². The van der Waals surface area contributed by atoms with Gasteiger partial charge in [-0.25, -0.2) is 5.43 Å². The molecule has 0 spiro atoms. The van der Waals surface area contributed by atoms with Crippen LogP contribution in [-0.2, 0) is 11.2 Å². The normalized spacial score (nSPS) is 20.8. The van der Waals surface area contributed by atoms with E-state index in [1.54, 1.807) is 14.2 Å². The summed E-state index contributed by atoms with van der Waals surface area (Å²) >= 11 is 0. The topological polar surface area (TPSA) is 60.0 Å². The Morgan fingerprint density at radius 3 is 2.29 bits per heavy atom. The van der Waals surface area contributed by atoms with Crippen molar-refractivity contribution in [1.82, 2.24) is 10.4 Å². The van der Waals surface area contributed by atoms with Gasteiger partial charge in [0.1, 0.15) is 5.75 Å². The van der Waals surface area contributed by atoms with Crippen molar-refractivity contribution in [3.63, 3.8) is 0 Å². The Kier molecular flexibility index (Phi) is 7.67. The first-order chi connectivity index (χ1) is 16.4. The number of methoxy groups -OCH3 is 2. The van der Waals surface area contributed by atoms with Gasteiger partial charge in [0, 0.05) is 12.5 Å². The van der Waals surface area contributed by atoms with E-state index in [2.05, 4.69) is 17.6 Å². The molecule has 1 amide bonds. The first-order valence-corrected chi connectivity index (χ1v) is 12.5. The van der Waals surface area contributed by atoms with Gasteiger partial charge in [-0.15, -0.1) is 0 Å². The average Bonchev–Trinajstić information content (AvgIpc) is 3.02. The molecule has 4 rings (SSSR count). The van der Waals surface area contributed by atoms with E-state index in [0.29, 0.717) is 18.1 Å². The molecule has 6 heteroatoms. The Hall–Kier alpha value is -2.73. The van der Waals surface area contributed by atoms with E-state index in [9.17, 15) is 4.79 Å². The van der Waals surface area contributed by atoms with Gasteiger partial charge in [0.2, 0.25) is 5.91 Å². The highest BCUT2D eigenvalue weighted by molar-refractivity contribution is 5.85. The molecule has 0 radical (unpaired) electrons. The fourth-order valence-corrected chi connectivity index (χ4v) is 5.13. The minimum Gasteiger partial charge on any atom is -0.497 e. The van der Waals surface area contributed by atoms with Crippen molar-refractivity contribution in [1.29, 1.82) is 0 Å². The number of hydrogen-bond donors (Lipinski definition) is 1. The van der Waals surface area contributed by atoms with Gasteiger partial charge in [0.25, 0.3) is 0 Å². The van der Waals surface area contributed by atoms with Crippen molar-refractivity contribution >= 4 is 5.91 Å². The second-order valence-corrected chi connectivity index (χ2v) is 9.96. The number of carbonyl (C=O) groups is 1. The molecule has 1 heterocycles. The minimum atomic E-state index is -0.540. The number of nitrogens with zero attached hydrogens (tertiary/aromatic N) is 1. The van der Waals surface area contributed by atoms with E-state index >= 15 is 0 Å². The molecule has 34 heavy (non-hydrogen) atoms. The van der Waals surface area contributed by atoms with Gasteiger partial charge in [-0.2, -0.15) is 0 Å². The number of rotatable bonds is 8.